The molecule has 0 saturated carbocycles. The average molecular weight is 346 g/mol. The molecule has 2 rings (SSSR count). The van der Waals surface area contributed by atoms with Crippen molar-refractivity contribution in [2.45, 2.75) is 39.3 Å². The van der Waals surface area contributed by atoms with Gasteiger partial charge in [-0.2, -0.15) is 0 Å². The molecular weight excluding hydrogens is 330 g/mol. The molecule has 1 N–H and O–H groups in total. The first-order chi connectivity index (χ1) is 8.82. The zero-order valence-corrected chi connectivity index (χ0v) is 13.5. The van der Waals surface area contributed by atoms with E-state index in [0.29, 0.717) is 12.3 Å². The summed E-state index contributed by atoms with van der Waals surface area (Å²) in [5, 5.41) is 3.53. The predicted molar refractivity (Wildman–Crippen MR) is 76.8 cm³/mol. The minimum atomic E-state index is -0.792. The number of nitrogens with zero attached hydrogens (tertiary/aromatic N) is 2. The average Bonchev–Trinajstić information content (AvgIpc) is 2.76. The number of carbonyl (C=O) groups is 2. The van der Waals surface area contributed by atoms with Gasteiger partial charge in [-0.15, -0.1) is 11.3 Å². The van der Waals surface area contributed by atoms with Gasteiger partial charge in [-0.1, -0.05) is 13.8 Å². The van der Waals surface area contributed by atoms with Gasteiger partial charge in [0.05, 0.1) is 16.5 Å². The highest BCUT2D eigenvalue weighted by Gasteiger charge is 2.47. The molecule has 1 saturated heterocycles. The lowest BCUT2D eigenvalue weighted by Gasteiger charge is -2.23. The molecule has 0 radical (unpaired) electrons. The van der Waals surface area contributed by atoms with Gasteiger partial charge in [0.25, 0.3) is 5.91 Å². The summed E-state index contributed by atoms with van der Waals surface area (Å²) in [6, 6.07) is -0.334. The Morgan fingerprint density at radius 1 is 1.53 bits per heavy atom. The third-order valence-corrected chi connectivity index (χ3v) is 4.44. The molecule has 7 heteroatoms. The zero-order valence-electron chi connectivity index (χ0n) is 11.1. The fraction of sp³-hybridized carbons (Fsp3) is 0.583. The molecule has 5 nitrogen and oxygen atoms in total. The van der Waals surface area contributed by atoms with Crippen molar-refractivity contribution in [3.05, 3.63) is 15.0 Å². The molecule has 1 fully saturated rings. The van der Waals surface area contributed by atoms with E-state index in [1.807, 2.05) is 13.8 Å². The molecule has 1 aliphatic heterocycles. The standard InChI is InChI=1S/C12H16BrN3O2S/c1-7(2)4-12(3)10(17)16(11(18)15-12)6-9-14-5-8(13)19-9/h5,7H,4,6H2,1-3H3,(H,15,18)/t12-/m1/s1. The van der Waals surface area contributed by atoms with Crippen molar-refractivity contribution in [1.29, 1.82) is 0 Å². The number of nitrogens with one attached hydrogen (secondary N) is 1. The SMILES string of the molecule is CC(C)C[C@@]1(C)NC(=O)N(Cc2ncc(Br)s2)C1=O. The maximum atomic E-state index is 12.4. The van der Waals surface area contributed by atoms with Crippen LogP contribution in [0.3, 0.4) is 0 Å². The molecule has 0 bridgehead atoms. The van der Waals surface area contributed by atoms with Crippen LogP contribution in [0.25, 0.3) is 0 Å². The summed E-state index contributed by atoms with van der Waals surface area (Å²) < 4.78 is 0.888. The first-order valence-corrected chi connectivity index (χ1v) is 7.67. The fourth-order valence-electron chi connectivity index (χ4n) is 2.34. The number of hydrogen-bond donors (Lipinski definition) is 1. The minimum Gasteiger partial charge on any atom is -0.323 e. The second-order valence-electron chi connectivity index (χ2n) is 5.31. The molecule has 3 amide bonds. The summed E-state index contributed by atoms with van der Waals surface area (Å²) in [5.74, 6) is 0.167. The smallest absolute Gasteiger partial charge is 0.323 e. The predicted octanol–water partition coefficient (Wildman–Crippen LogP) is 2.76. The summed E-state index contributed by atoms with van der Waals surface area (Å²) in [6.07, 6.45) is 2.31. The van der Waals surface area contributed by atoms with Crippen molar-refractivity contribution < 1.29 is 9.59 Å². The largest absolute Gasteiger partial charge is 0.325 e. The van der Waals surface area contributed by atoms with E-state index in [9.17, 15) is 9.59 Å². The van der Waals surface area contributed by atoms with Crippen LogP contribution in [0.1, 0.15) is 32.2 Å². The first-order valence-electron chi connectivity index (χ1n) is 6.06. The number of aromatic nitrogens is 1. The number of hydrogen-bond acceptors (Lipinski definition) is 4. The lowest BCUT2D eigenvalue weighted by atomic mass is 9.91. The van der Waals surface area contributed by atoms with E-state index in [1.54, 1.807) is 13.1 Å². The van der Waals surface area contributed by atoms with E-state index in [1.165, 1.54) is 16.2 Å². The van der Waals surface area contributed by atoms with Crippen molar-refractivity contribution >= 4 is 39.2 Å². The van der Waals surface area contributed by atoms with Crippen LogP contribution in [0.5, 0.6) is 0 Å². The molecule has 0 aromatic carbocycles. The Kier molecular flexibility index (Phi) is 3.96. The van der Waals surface area contributed by atoms with E-state index >= 15 is 0 Å². The number of urea groups is 1. The lowest BCUT2D eigenvalue weighted by molar-refractivity contribution is -0.131. The Morgan fingerprint density at radius 2 is 2.21 bits per heavy atom. The van der Waals surface area contributed by atoms with Crippen molar-refractivity contribution in [2.24, 2.45) is 5.92 Å². The van der Waals surface area contributed by atoms with Crippen LogP contribution in [-0.4, -0.2) is 27.4 Å². The van der Waals surface area contributed by atoms with Crippen LogP contribution in [-0.2, 0) is 11.3 Å². The Morgan fingerprint density at radius 3 is 2.74 bits per heavy atom. The van der Waals surface area contributed by atoms with Crippen LogP contribution < -0.4 is 5.32 Å². The molecule has 1 atom stereocenters. The van der Waals surface area contributed by atoms with E-state index in [4.69, 9.17) is 0 Å². The molecule has 1 aromatic heterocycles. The third-order valence-electron chi connectivity index (χ3n) is 2.98. The number of amides is 3. The molecule has 0 spiro atoms. The normalized spacial score (nSPS) is 23.3. The molecule has 1 aromatic rings. The highest BCUT2D eigenvalue weighted by Crippen LogP contribution is 2.27. The first kappa shape index (κ1) is 14.5. The molecule has 19 heavy (non-hydrogen) atoms. The van der Waals surface area contributed by atoms with E-state index < -0.39 is 5.54 Å². The van der Waals surface area contributed by atoms with Crippen molar-refractivity contribution in [1.82, 2.24) is 15.2 Å². The van der Waals surface area contributed by atoms with Gasteiger partial charge in [-0.3, -0.25) is 9.69 Å². The molecule has 2 heterocycles. The second kappa shape index (κ2) is 5.20. The number of carbonyl (C=O) groups excluding carboxylic acids is 2. The number of halogens is 1. The Bertz CT molecular complexity index is 517. The van der Waals surface area contributed by atoms with Gasteiger partial charge in [0.15, 0.2) is 0 Å². The van der Waals surface area contributed by atoms with Crippen molar-refractivity contribution in [3.8, 4) is 0 Å². The van der Waals surface area contributed by atoms with Gasteiger partial charge < -0.3 is 5.32 Å². The van der Waals surface area contributed by atoms with Gasteiger partial charge in [-0.05, 0) is 35.2 Å². The van der Waals surface area contributed by atoms with E-state index in [2.05, 4.69) is 26.2 Å². The summed E-state index contributed by atoms with van der Waals surface area (Å²) >= 11 is 4.74. The zero-order chi connectivity index (χ0) is 14.2. The Balaban J connectivity index is 2.14. The summed E-state index contributed by atoms with van der Waals surface area (Å²) in [5.41, 5.74) is -0.792. The quantitative estimate of drug-likeness (QED) is 0.853. The van der Waals surface area contributed by atoms with Crippen LogP contribution in [0.2, 0.25) is 0 Å². The van der Waals surface area contributed by atoms with Crippen LogP contribution in [0.15, 0.2) is 9.98 Å². The monoisotopic (exact) mass is 345 g/mol. The summed E-state index contributed by atoms with van der Waals surface area (Å²) in [7, 11) is 0. The van der Waals surface area contributed by atoms with Crippen LogP contribution in [0, 0.1) is 5.92 Å². The molecule has 0 unspecified atom stereocenters. The number of thiazole rings is 1. The topological polar surface area (TPSA) is 62.3 Å². The molecule has 104 valence electrons. The van der Waals surface area contributed by atoms with E-state index in [-0.39, 0.29) is 18.5 Å². The van der Waals surface area contributed by atoms with Gasteiger partial charge in [-0.25, -0.2) is 9.78 Å². The van der Waals surface area contributed by atoms with Crippen LogP contribution in [0.4, 0.5) is 4.79 Å². The maximum Gasteiger partial charge on any atom is 0.325 e. The fourth-order valence-corrected chi connectivity index (χ4v) is 3.63. The maximum absolute atomic E-state index is 12.4. The van der Waals surface area contributed by atoms with Crippen molar-refractivity contribution in [2.75, 3.05) is 0 Å². The lowest BCUT2D eigenvalue weighted by Crippen LogP contribution is -2.44. The molecule has 0 aliphatic carbocycles. The molecular formula is C12H16BrN3O2S. The minimum absolute atomic E-state index is 0.169. The van der Waals surface area contributed by atoms with E-state index in [0.717, 1.165) is 8.79 Å². The number of imide groups is 1. The third kappa shape index (κ3) is 2.97. The number of rotatable bonds is 4. The van der Waals surface area contributed by atoms with Crippen molar-refractivity contribution in [3.63, 3.8) is 0 Å². The van der Waals surface area contributed by atoms with Gasteiger partial charge in [0.1, 0.15) is 10.5 Å². The summed E-state index contributed by atoms with van der Waals surface area (Å²) in [6.45, 7) is 6.08. The second-order valence-corrected chi connectivity index (χ2v) is 7.80. The Labute approximate surface area is 124 Å². The highest BCUT2D eigenvalue weighted by atomic mass is 79.9. The summed E-state index contributed by atoms with van der Waals surface area (Å²) in [4.78, 5) is 29.7. The molecule has 1 aliphatic rings. The Hall–Kier alpha value is -0.950. The van der Waals surface area contributed by atoms with Gasteiger partial charge in [0, 0.05) is 0 Å². The van der Waals surface area contributed by atoms with Gasteiger partial charge >= 0.3 is 6.03 Å². The highest BCUT2D eigenvalue weighted by molar-refractivity contribution is 9.11. The van der Waals surface area contributed by atoms with Gasteiger partial charge in [0.2, 0.25) is 0 Å². The van der Waals surface area contributed by atoms with Crippen LogP contribution >= 0.6 is 27.3 Å².